The normalized spacial score (nSPS) is 22.4. The van der Waals surface area contributed by atoms with Crippen molar-refractivity contribution in [1.82, 2.24) is 4.98 Å². The van der Waals surface area contributed by atoms with Crippen molar-refractivity contribution in [2.24, 2.45) is 5.92 Å². The van der Waals surface area contributed by atoms with Crippen LogP contribution in [0, 0.1) is 16.0 Å². The lowest BCUT2D eigenvalue weighted by Crippen LogP contribution is -2.32. The van der Waals surface area contributed by atoms with E-state index in [2.05, 4.69) is 20.9 Å². The monoisotopic (exact) mass is 517 g/mol. The Bertz CT molecular complexity index is 1300. The number of anilines is 1. The van der Waals surface area contributed by atoms with Gasteiger partial charge in [0.2, 0.25) is 11.8 Å². The van der Waals surface area contributed by atoms with Crippen LogP contribution in [0.3, 0.4) is 0 Å². The van der Waals surface area contributed by atoms with Crippen LogP contribution in [0.1, 0.15) is 16.4 Å². The van der Waals surface area contributed by atoms with Gasteiger partial charge in [-0.2, -0.15) is 0 Å². The van der Waals surface area contributed by atoms with Crippen LogP contribution in [0.4, 0.5) is 11.4 Å². The first-order valence-electron chi connectivity index (χ1n) is 9.12. The summed E-state index contributed by atoms with van der Waals surface area (Å²) in [4.78, 5) is 53.7. The quantitative estimate of drug-likeness (QED) is 0.320. The maximum atomic E-state index is 13.5. The van der Waals surface area contributed by atoms with Crippen molar-refractivity contribution in [1.29, 1.82) is 0 Å². The lowest BCUT2D eigenvalue weighted by atomic mass is 9.83. The summed E-state index contributed by atoms with van der Waals surface area (Å²) < 4.78 is 0.827. The Kier molecular flexibility index (Phi) is 4.83. The average Bonchev–Trinajstić information content (AvgIpc) is 3.23. The Morgan fingerprint density at radius 1 is 1.06 bits per heavy atom. The fourth-order valence-electron chi connectivity index (χ4n) is 4.05. The third kappa shape index (κ3) is 3.24. The van der Waals surface area contributed by atoms with Crippen molar-refractivity contribution in [3.05, 3.63) is 83.2 Å². The molecule has 0 bridgehead atoms. The lowest BCUT2D eigenvalue weighted by Gasteiger charge is -2.29. The Morgan fingerprint density at radius 3 is 2.48 bits per heavy atom. The number of non-ortho nitro benzene ring substituents is 1. The molecule has 11 heteroatoms. The van der Waals surface area contributed by atoms with E-state index < -0.39 is 27.9 Å². The Morgan fingerprint density at radius 2 is 1.81 bits per heavy atom. The standard InChI is InChI=1S/C20H12BrN3O5S2/c21-10-3-1-2-9(8-10)13-14-16(30-17-15(13)31-20(27)22-17)19(26)23(18(14)25)11-4-6-12(7-5-11)24(28)29/h1-8,13-14,16H,(H,22,27)/t13-,14-,16+/m0/s1. The predicted molar refractivity (Wildman–Crippen MR) is 120 cm³/mol. The SMILES string of the molecule is O=C1[C@H]2[C@H](c3cccc(Br)c3)c3sc(=O)[nH]c3S[C@H]2C(=O)N1c1ccc([N+](=O)[O-])cc1. The van der Waals surface area contributed by atoms with Gasteiger partial charge in [-0.1, -0.05) is 51.2 Å². The van der Waals surface area contributed by atoms with Crippen LogP contribution in [-0.4, -0.2) is 27.0 Å². The highest BCUT2D eigenvalue weighted by Gasteiger charge is 2.56. The van der Waals surface area contributed by atoms with Crippen molar-refractivity contribution < 1.29 is 14.5 Å². The van der Waals surface area contributed by atoms with E-state index in [1.165, 1.54) is 36.0 Å². The minimum Gasteiger partial charge on any atom is -0.307 e. The Balaban J connectivity index is 1.62. The zero-order valence-electron chi connectivity index (χ0n) is 15.5. The van der Waals surface area contributed by atoms with Gasteiger partial charge in [-0.25, -0.2) is 4.90 Å². The van der Waals surface area contributed by atoms with Gasteiger partial charge in [-0.05, 0) is 29.8 Å². The van der Waals surface area contributed by atoms with Crippen LogP contribution in [0.2, 0.25) is 0 Å². The number of benzene rings is 2. The molecule has 0 spiro atoms. The molecule has 156 valence electrons. The summed E-state index contributed by atoms with van der Waals surface area (Å²) in [6.07, 6.45) is 0. The highest BCUT2D eigenvalue weighted by atomic mass is 79.9. The number of halogens is 1. The Hall–Kier alpha value is -2.76. The first kappa shape index (κ1) is 20.2. The van der Waals surface area contributed by atoms with Crippen LogP contribution in [-0.2, 0) is 9.59 Å². The highest BCUT2D eigenvalue weighted by molar-refractivity contribution is 9.10. The van der Waals surface area contributed by atoms with Crippen molar-refractivity contribution in [3.63, 3.8) is 0 Å². The molecule has 0 radical (unpaired) electrons. The molecule has 2 amide bonds. The van der Waals surface area contributed by atoms with Gasteiger partial charge in [0.05, 0.1) is 21.6 Å². The largest absolute Gasteiger partial charge is 0.307 e. The molecule has 1 saturated heterocycles. The minimum atomic E-state index is -0.704. The van der Waals surface area contributed by atoms with Gasteiger partial charge in [-0.3, -0.25) is 24.5 Å². The maximum absolute atomic E-state index is 13.5. The van der Waals surface area contributed by atoms with Crippen LogP contribution in [0.25, 0.3) is 0 Å². The smallest absolute Gasteiger partial charge is 0.305 e. The van der Waals surface area contributed by atoms with Crippen LogP contribution >= 0.6 is 39.0 Å². The summed E-state index contributed by atoms with van der Waals surface area (Å²) in [7, 11) is 0. The van der Waals surface area contributed by atoms with Crippen LogP contribution < -0.4 is 9.77 Å². The molecule has 3 atom stereocenters. The van der Waals surface area contributed by atoms with E-state index in [4.69, 9.17) is 0 Å². The summed E-state index contributed by atoms with van der Waals surface area (Å²) in [5.74, 6) is -1.93. The lowest BCUT2D eigenvalue weighted by molar-refractivity contribution is -0.384. The van der Waals surface area contributed by atoms with E-state index in [-0.39, 0.29) is 16.5 Å². The van der Waals surface area contributed by atoms with Gasteiger partial charge < -0.3 is 4.98 Å². The molecule has 2 aliphatic heterocycles. The number of thiazole rings is 1. The molecule has 2 aromatic carbocycles. The number of imide groups is 1. The maximum Gasteiger partial charge on any atom is 0.305 e. The number of hydrogen-bond acceptors (Lipinski definition) is 7. The van der Waals surface area contributed by atoms with E-state index in [0.29, 0.717) is 10.7 Å². The highest BCUT2D eigenvalue weighted by Crippen LogP contribution is 2.53. The molecule has 0 aliphatic carbocycles. The molecular weight excluding hydrogens is 506 g/mol. The molecule has 0 unspecified atom stereocenters. The van der Waals surface area contributed by atoms with E-state index in [9.17, 15) is 24.5 Å². The van der Waals surface area contributed by atoms with Gasteiger partial charge in [0.15, 0.2) is 0 Å². The third-order valence-corrected chi connectivity index (χ3v) is 8.24. The zero-order valence-corrected chi connectivity index (χ0v) is 18.7. The van der Waals surface area contributed by atoms with E-state index in [0.717, 1.165) is 31.2 Å². The van der Waals surface area contributed by atoms with Crippen molar-refractivity contribution in [3.8, 4) is 0 Å². The number of aromatic amines is 1. The number of fused-ring (bicyclic) bond motifs is 2. The van der Waals surface area contributed by atoms with Crippen LogP contribution in [0.5, 0.6) is 0 Å². The molecule has 3 heterocycles. The first-order chi connectivity index (χ1) is 14.8. The second kappa shape index (κ2) is 7.43. The van der Waals surface area contributed by atoms with Crippen molar-refractivity contribution in [2.75, 3.05) is 4.90 Å². The molecule has 31 heavy (non-hydrogen) atoms. The van der Waals surface area contributed by atoms with Crippen molar-refractivity contribution in [2.45, 2.75) is 16.2 Å². The number of amides is 2. The zero-order chi connectivity index (χ0) is 21.9. The van der Waals surface area contributed by atoms with E-state index >= 15 is 0 Å². The molecule has 5 rings (SSSR count). The number of hydrogen-bond donors (Lipinski definition) is 1. The van der Waals surface area contributed by atoms with E-state index in [1.807, 2.05) is 24.3 Å². The predicted octanol–water partition coefficient (Wildman–Crippen LogP) is 3.90. The number of carbonyl (C=O) groups excluding carboxylic acids is 2. The number of nitrogens with one attached hydrogen (secondary N) is 1. The number of nitrogens with zero attached hydrogens (tertiary/aromatic N) is 2. The molecule has 1 fully saturated rings. The number of aromatic nitrogens is 1. The van der Waals surface area contributed by atoms with Crippen molar-refractivity contribution >= 4 is 62.2 Å². The summed E-state index contributed by atoms with van der Waals surface area (Å²) in [6.45, 7) is 0. The number of H-pyrrole nitrogens is 1. The van der Waals surface area contributed by atoms with E-state index in [1.54, 1.807) is 0 Å². The Labute approximate surface area is 191 Å². The molecule has 0 saturated carbocycles. The van der Waals surface area contributed by atoms with Gasteiger partial charge in [-0.15, -0.1) is 0 Å². The minimum absolute atomic E-state index is 0.124. The van der Waals surface area contributed by atoms with Gasteiger partial charge in [0, 0.05) is 27.4 Å². The topological polar surface area (TPSA) is 113 Å². The first-order valence-corrected chi connectivity index (χ1v) is 11.6. The van der Waals surface area contributed by atoms with Gasteiger partial charge in [0.25, 0.3) is 5.69 Å². The second-order valence-corrected chi connectivity index (χ2v) is 10.2. The summed E-state index contributed by atoms with van der Waals surface area (Å²) >= 11 is 5.69. The molecule has 1 N–H and O–H groups in total. The summed E-state index contributed by atoms with van der Waals surface area (Å²) in [5, 5.41) is 10.8. The number of thioether (sulfide) groups is 1. The average molecular weight is 518 g/mol. The molecular formula is C20H12BrN3O5S2. The van der Waals surface area contributed by atoms with Gasteiger partial charge >= 0.3 is 4.87 Å². The second-order valence-electron chi connectivity index (χ2n) is 7.09. The fourth-order valence-corrected chi connectivity index (χ4v) is 6.99. The number of nitro groups is 1. The molecule has 2 aliphatic rings. The fraction of sp³-hybridized carbons (Fsp3) is 0.150. The number of nitro benzene ring substituents is 1. The molecule has 1 aromatic heterocycles. The number of rotatable bonds is 3. The number of carbonyl (C=O) groups is 2. The summed E-state index contributed by atoms with van der Waals surface area (Å²) in [6, 6.07) is 12.8. The van der Waals surface area contributed by atoms with Gasteiger partial charge in [0.1, 0.15) is 5.25 Å². The third-order valence-electron chi connectivity index (χ3n) is 5.35. The van der Waals surface area contributed by atoms with Crippen LogP contribution in [0.15, 0.2) is 62.8 Å². The molecule has 8 nitrogen and oxygen atoms in total. The summed E-state index contributed by atoms with van der Waals surface area (Å²) in [5.41, 5.74) is 0.995. The molecule has 3 aromatic rings.